The fraction of sp³-hybridized carbons (Fsp3) is 0.182. The second-order valence-electron chi connectivity index (χ2n) is 3.89. The Kier molecular flexibility index (Phi) is 3.91. The number of nitrogens with one attached hydrogen (secondary N) is 1. The maximum Gasteiger partial charge on any atom is 0.417 e. The number of thiocarbonyl (C=S) groups is 1. The molecule has 0 radical (unpaired) electrons. The van der Waals surface area contributed by atoms with Crippen molar-refractivity contribution in [1.29, 1.82) is 0 Å². The molecule has 1 heterocycles. The van der Waals surface area contributed by atoms with Crippen LogP contribution in [-0.4, -0.2) is 14.3 Å². The molecule has 1 aromatic carbocycles. The zero-order chi connectivity index (χ0) is 14.9. The van der Waals surface area contributed by atoms with Crippen molar-refractivity contribution in [3.8, 4) is 0 Å². The van der Waals surface area contributed by atoms with Crippen LogP contribution in [0.15, 0.2) is 18.2 Å². The summed E-state index contributed by atoms with van der Waals surface area (Å²) in [5.74, 6) is 0.549. The van der Waals surface area contributed by atoms with Crippen LogP contribution in [0.1, 0.15) is 17.0 Å². The van der Waals surface area contributed by atoms with Gasteiger partial charge in [-0.05, 0) is 25.1 Å². The predicted octanol–water partition coefficient (Wildman–Crippen LogP) is 3.24. The van der Waals surface area contributed by atoms with Crippen LogP contribution >= 0.6 is 23.8 Å². The zero-order valence-corrected chi connectivity index (χ0v) is 11.8. The van der Waals surface area contributed by atoms with E-state index in [1.54, 1.807) is 6.92 Å². The first-order valence-electron chi connectivity index (χ1n) is 5.36. The molecule has 0 fully saturated rings. The number of hydrogen-bond donors (Lipinski definition) is 2. The number of aryl methyl sites for hydroxylation is 1. The van der Waals surface area contributed by atoms with E-state index in [1.807, 2.05) is 0 Å². The molecule has 0 spiro atoms. The van der Waals surface area contributed by atoms with Crippen molar-refractivity contribution in [3.63, 3.8) is 0 Å². The van der Waals surface area contributed by atoms with Crippen molar-refractivity contribution in [3.05, 3.63) is 35.2 Å². The summed E-state index contributed by atoms with van der Waals surface area (Å²) in [6.45, 7) is 1.69. The topological polar surface area (TPSA) is 63.8 Å². The van der Waals surface area contributed by atoms with E-state index in [4.69, 9.17) is 5.73 Å². The minimum Gasteiger partial charge on any atom is -0.389 e. The van der Waals surface area contributed by atoms with E-state index in [9.17, 15) is 13.2 Å². The lowest BCUT2D eigenvalue weighted by Crippen LogP contribution is -2.18. The van der Waals surface area contributed by atoms with E-state index in [2.05, 4.69) is 26.9 Å². The highest BCUT2D eigenvalue weighted by Crippen LogP contribution is 2.34. The van der Waals surface area contributed by atoms with Gasteiger partial charge in [0.25, 0.3) is 0 Å². The molecule has 2 rings (SSSR count). The Balaban J connectivity index is 2.39. The summed E-state index contributed by atoms with van der Waals surface area (Å²) in [6.07, 6.45) is -4.53. The Morgan fingerprint density at radius 1 is 1.40 bits per heavy atom. The van der Waals surface area contributed by atoms with Crippen molar-refractivity contribution in [2.75, 3.05) is 5.32 Å². The Morgan fingerprint density at radius 3 is 2.60 bits per heavy atom. The molecule has 4 nitrogen and oxygen atoms in total. The normalized spacial score (nSPS) is 11.4. The number of hydrogen-bond acceptors (Lipinski definition) is 5. The summed E-state index contributed by atoms with van der Waals surface area (Å²) >= 11 is 5.70. The lowest BCUT2D eigenvalue weighted by Gasteiger charge is -2.13. The number of aromatic nitrogens is 2. The van der Waals surface area contributed by atoms with E-state index < -0.39 is 11.7 Å². The summed E-state index contributed by atoms with van der Waals surface area (Å²) in [7, 11) is 0. The van der Waals surface area contributed by atoms with Gasteiger partial charge in [0.05, 0.1) is 5.56 Å². The van der Waals surface area contributed by atoms with Crippen LogP contribution in [0.25, 0.3) is 0 Å². The van der Waals surface area contributed by atoms with Crippen molar-refractivity contribution in [1.82, 2.24) is 9.36 Å². The number of alkyl halides is 3. The van der Waals surface area contributed by atoms with Crippen LogP contribution in [-0.2, 0) is 6.18 Å². The first-order valence-corrected chi connectivity index (χ1v) is 6.54. The summed E-state index contributed by atoms with van der Waals surface area (Å²) in [4.78, 5) is 3.72. The first-order chi connectivity index (χ1) is 9.27. The van der Waals surface area contributed by atoms with Crippen LogP contribution in [0.5, 0.6) is 0 Å². The molecule has 2 aromatic rings. The lowest BCUT2D eigenvalue weighted by atomic mass is 10.1. The molecular formula is C11H9F3N4S2. The Hall–Kier alpha value is -1.74. The van der Waals surface area contributed by atoms with E-state index >= 15 is 0 Å². The maximum atomic E-state index is 13.0. The minimum absolute atomic E-state index is 0.202. The number of nitrogens with zero attached hydrogens (tertiary/aromatic N) is 2. The summed E-state index contributed by atoms with van der Waals surface area (Å²) in [5, 5.41) is 3.18. The van der Waals surface area contributed by atoms with Gasteiger partial charge < -0.3 is 11.1 Å². The van der Waals surface area contributed by atoms with Gasteiger partial charge in [-0.3, -0.25) is 0 Å². The SMILES string of the molecule is Cc1nsc(Nc2ccc(C(N)=S)c(C(F)(F)F)c2)n1. The van der Waals surface area contributed by atoms with Gasteiger partial charge in [0, 0.05) is 22.8 Å². The minimum atomic E-state index is -4.53. The van der Waals surface area contributed by atoms with Gasteiger partial charge in [-0.15, -0.1) is 0 Å². The van der Waals surface area contributed by atoms with Crippen molar-refractivity contribution in [2.24, 2.45) is 5.73 Å². The highest BCUT2D eigenvalue weighted by Gasteiger charge is 2.34. The number of nitrogens with two attached hydrogens (primary N) is 1. The van der Waals surface area contributed by atoms with E-state index in [1.165, 1.54) is 12.1 Å². The molecule has 1 aromatic heterocycles. The van der Waals surface area contributed by atoms with Crippen molar-refractivity contribution < 1.29 is 13.2 Å². The first kappa shape index (κ1) is 14.7. The molecule has 9 heteroatoms. The van der Waals surface area contributed by atoms with Crippen LogP contribution in [0, 0.1) is 6.92 Å². The number of anilines is 2. The van der Waals surface area contributed by atoms with Crippen LogP contribution < -0.4 is 11.1 Å². The Labute approximate surface area is 122 Å². The molecule has 0 amide bonds. The second-order valence-corrected chi connectivity index (χ2v) is 5.09. The molecular weight excluding hydrogens is 309 g/mol. The predicted molar refractivity (Wildman–Crippen MR) is 75.3 cm³/mol. The molecule has 0 bridgehead atoms. The van der Waals surface area contributed by atoms with E-state index in [0.717, 1.165) is 17.6 Å². The van der Waals surface area contributed by atoms with Gasteiger partial charge in [0.15, 0.2) is 0 Å². The lowest BCUT2D eigenvalue weighted by molar-refractivity contribution is -0.137. The standard InChI is InChI=1S/C11H9F3N4S2/c1-5-16-10(20-18-5)17-6-2-3-7(9(15)19)8(4-6)11(12,13)14/h2-4H,1H3,(H2,15,19)(H,16,17,18). The van der Waals surface area contributed by atoms with Gasteiger partial charge in [0.1, 0.15) is 10.8 Å². The monoisotopic (exact) mass is 318 g/mol. The fourth-order valence-electron chi connectivity index (χ4n) is 1.54. The average Bonchev–Trinajstić information content (AvgIpc) is 2.73. The number of benzene rings is 1. The average molecular weight is 318 g/mol. The summed E-state index contributed by atoms with van der Waals surface area (Å²) in [5.41, 5.74) is 4.47. The Morgan fingerprint density at radius 2 is 2.10 bits per heavy atom. The molecule has 0 aliphatic carbocycles. The van der Waals surface area contributed by atoms with Gasteiger partial charge in [-0.25, -0.2) is 4.98 Å². The maximum absolute atomic E-state index is 13.0. The molecule has 0 aliphatic heterocycles. The van der Waals surface area contributed by atoms with Crippen LogP contribution in [0.2, 0.25) is 0 Å². The smallest absolute Gasteiger partial charge is 0.389 e. The largest absolute Gasteiger partial charge is 0.417 e. The number of halogens is 3. The molecule has 0 atom stereocenters. The van der Waals surface area contributed by atoms with Crippen molar-refractivity contribution in [2.45, 2.75) is 13.1 Å². The molecule has 3 N–H and O–H groups in total. The molecule has 0 aliphatic rings. The van der Waals surface area contributed by atoms with E-state index in [0.29, 0.717) is 11.0 Å². The van der Waals surface area contributed by atoms with Gasteiger partial charge in [-0.2, -0.15) is 17.5 Å². The molecule has 0 unspecified atom stereocenters. The second kappa shape index (κ2) is 5.33. The third-order valence-electron chi connectivity index (χ3n) is 2.37. The third kappa shape index (κ3) is 3.23. The van der Waals surface area contributed by atoms with Gasteiger partial charge in [-0.1, -0.05) is 12.2 Å². The zero-order valence-electron chi connectivity index (χ0n) is 10.2. The summed E-state index contributed by atoms with van der Waals surface area (Å²) in [6, 6.07) is 3.65. The molecule has 0 saturated carbocycles. The van der Waals surface area contributed by atoms with Gasteiger partial charge in [0.2, 0.25) is 5.13 Å². The van der Waals surface area contributed by atoms with Crippen LogP contribution in [0.3, 0.4) is 0 Å². The van der Waals surface area contributed by atoms with Gasteiger partial charge >= 0.3 is 6.18 Å². The van der Waals surface area contributed by atoms with E-state index in [-0.39, 0.29) is 16.2 Å². The quantitative estimate of drug-likeness (QED) is 0.851. The Bertz CT molecular complexity index is 651. The number of rotatable bonds is 3. The summed E-state index contributed by atoms with van der Waals surface area (Å²) < 4.78 is 42.8. The molecule has 106 valence electrons. The highest BCUT2D eigenvalue weighted by molar-refractivity contribution is 7.80. The molecule has 0 saturated heterocycles. The van der Waals surface area contributed by atoms with Crippen molar-refractivity contribution >= 4 is 39.6 Å². The molecule has 20 heavy (non-hydrogen) atoms. The third-order valence-corrected chi connectivity index (χ3v) is 3.31. The van der Waals surface area contributed by atoms with Crippen LogP contribution in [0.4, 0.5) is 24.0 Å². The highest BCUT2D eigenvalue weighted by atomic mass is 32.1. The fourth-order valence-corrected chi connectivity index (χ4v) is 2.32.